The number of Topliss-reactive ketones (excluding diaryl/α,β-unsaturated/α-hetero) is 2. The number of nitrogens with two attached hydrogens (primary N) is 7. The maximum Gasteiger partial charge on any atom is 0.245 e. The molecule has 2 unspecified atom stereocenters. The van der Waals surface area contributed by atoms with Gasteiger partial charge in [0.1, 0.15) is 47.2 Å². The van der Waals surface area contributed by atoms with E-state index in [0.29, 0.717) is 100 Å². The minimum absolute atomic E-state index is 0.0446. The van der Waals surface area contributed by atoms with Crippen molar-refractivity contribution in [3.63, 3.8) is 0 Å². The molecule has 21 N–H and O–H groups in total. The largest absolute Gasteiger partial charge is 0.507 e. The number of ketones is 8. The summed E-state index contributed by atoms with van der Waals surface area (Å²) >= 11 is 9.57. The highest BCUT2D eigenvalue weighted by Crippen LogP contribution is 2.48. The normalized spacial score (nSPS) is 14.7. The number of phenols is 6. The highest BCUT2D eigenvalue weighted by molar-refractivity contribution is 6.69. The number of carbonyl (C=O) groups excluding carboxylic acids is 10. The van der Waals surface area contributed by atoms with Crippen LogP contribution in [0.25, 0.3) is 76.6 Å². The number of fused-ring (bicyclic) bond motifs is 13. The van der Waals surface area contributed by atoms with Crippen molar-refractivity contribution in [2.24, 2.45) is 23.3 Å². The van der Waals surface area contributed by atoms with E-state index in [4.69, 9.17) is 63.3 Å². The summed E-state index contributed by atoms with van der Waals surface area (Å²) in [6.07, 6.45) is 14.2. The summed E-state index contributed by atoms with van der Waals surface area (Å²) in [6.45, 7) is 0. The van der Waals surface area contributed by atoms with E-state index in [9.17, 15) is 78.6 Å². The van der Waals surface area contributed by atoms with E-state index in [-0.39, 0.29) is 114 Å². The number of halogens is 2. The molecule has 0 saturated heterocycles. The lowest BCUT2D eigenvalue weighted by atomic mass is 9.69. The van der Waals surface area contributed by atoms with Crippen LogP contribution in [0.1, 0.15) is 148 Å². The maximum absolute atomic E-state index is 13.3. The number of allylic oxidation sites excluding steroid dienone is 6. The van der Waals surface area contributed by atoms with E-state index in [2.05, 4.69) is 25.3 Å². The molecule has 0 amide bonds. The van der Waals surface area contributed by atoms with Gasteiger partial charge in [-0.25, -0.2) is 19.9 Å². The Kier molecular flexibility index (Phi) is 25.8. The topological polar surface area (TPSA) is 538 Å². The predicted octanol–water partition coefficient (Wildman–Crippen LogP) is 17.4. The molecule has 0 aliphatic heterocycles. The number of hydrogen-bond acceptors (Lipinski definition) is 28. The van der Waals surface area contributed by atoms with Crippen LogP contribution in [0, 0.1) is 11.8 Å². The van der Waals surface area contributed by atoms with Gasteiger partial charge >= 0.3 is 0 Å². The second kappa shape index (κ2) is 38.4. The Bertz CT molecular complexity index is 7490. The number of anilines is 6. The van der Waals surface area contributed by atoms with Gasteiger partial charge in [-0.05, 0) is 121 Å². The molecule has 0 bridgehead atoms. The lowest BCUT2D eigenvalue weighted by Crippen LogP contribution is -2.43. The fourth-order valence-electron chi connectivity index (χ4n) is 17.6. The minimum atomic E-state index is -0.709. The third-order valence-electron chi connectivity index (χ3n) is 24.0. The molecular weight excluding hydrogens is 1770 g/mol. The first-order valence-corrected chi connectivity index (χ1v) is 43.1. The number of carbonyl (C=O) groups is 10. The number of rotatable bonds is 4. The molecular formula is C106H80Cl2N12O16. The monoisotopic (exact) mass is 1850 g/mol. The van der Waals surface area contributed by atoms with Crippen molar-refractivity contribution >= 4 is 168 Å². The second-order valence-corrected chi connectivity index (χ2v) is 32.9. The second-order valence-electron chi connectivity index (χ2n) is 32.1. The first-order chi connectivity index (χ1) is 65.4. The molecule has 28 nitrogen and oxygen atoms in total. The quantitative estimate of drug-likeness (QED) is 0.0256. The van der Waals surface area contributed by atoms with Crippen LogP contribution < -0.4 is 45.5 Å². The number of aromatic hydroxyl groups is 6. The van der Waals surface area contributed by atoms with Crippen molar-refractivity contribution in [1.29, 1.82) is 0 Å². The van der Waals surface area contributed by atoms with Crippen LogP contribution in [0.15, 0.2) is 291 Å². The molecule has 7 aliphatic carbocycles. The van der Waals surface area contributed by atoms with Crippen molar-refractivity contribution in [3.8, 4) is 57.0 Å². The van der Waals surface area contributed by atoms with Crippen molar-refractivity contribution in [2.75, 3.05) is 34.0 Å². The first-order valence-electron chi connectivity index (χ1n) is 42.4. The maximum atomic E-state index is 13.3. The van der Waals surface area contributed by atoms with Crippen molar-refractivity contribution in [3.05, 3.63) is 369 Å². The van der Waals surface area contributed by atoms with E-state index in [1.807, 2.05) is 72.8 Å². The van der Waals surface area contributed by atoms with Gasteiger partial charge in [0, 0.05) is 152 Å². The molecule has 674 valence electrons. The zero-order chi connectivity index (χ0) is 96.4. The Morgan fingerprint density at radius 2 is 0.610 bits per heavy atom. The average molecular weight is 1850 g/mol. The molecule has 2 aromatic heterocycles. The summed E-state index contributed by atoms with van der Waals surface area (Å²) in [5.41, 5.74) is 54.4. The zero-order valence-electron chi connectivity index (χ0n) is 71.7. The number of hydrogen-bond donors (Lipinski definition) is 14. The van der Waals surface area contributed by atoms with E-state index in [1.165, 1.54) is 74.8 Å². The van der Waals surface area contributed by atoms with Crippen LogP contribution in [0.2, 0.25) is 0 Å². The SMILES string of the molecule is NC1=CC=C(N)C2C(=O)c3ccccc3C(=O)C12.Nc1ccc(N)c2c(O)c3ccccc3c(O)c12.Nc1ccc(N)c2c1C(=O)c1ccccc1C2=O.Nc1ccc2ncnc3c2c1C(=O)c1ccccc1-3.O=C(Cl)/C=C\C(=O)Cl.O=C1c2ccccc2-c2ncnc3ccc(NC4CCCCC4)c1c23.O=C1c2ccccc2C(=O)c2c(O)ccc(O)c21.Oc1ccc(O)c2ccccc12. The molecule has 0 radical (unpaired) electrons. The van der Waals surface area contributed by atoms with Crippen LogP contribution in [-0.4, -0.2) is 113 Å². The summed E-state index contributed by atoms with van der Waals surface area (Å²) in [4.78, 5) is 137. The van der Waals surface area contributed by atoms with E-state index >= 15 is 0 Å². The molecule has 1 saturated carbocycles. The Labute approximate surface area is 783 Å². The number of benzene rings is 14. The van der Waals surface area contributed by atoms with Gasteiger partial charge in [0.15, 0.2) is 46.3 Å². The van der Waals surface area contributed by atoms with E-state index < -0.39 is 33.9 Å². The van der Waals surface area contributed by atoms with Crippen LogP contribution in [-0.2, 0) is 9.59 Å². The van der Waals surface area contributed by atoms with Gasteiger partial charge in [-0.15, -0.1) is 0 Å². The van der Waals surface area contributed by atoms with E-state index in [0.717, 1.165) is 73.3 Å². The van der Waals surface area contributed by atoms with Gasteiger partial charge in [0.2, 0.25) is 10.5 Å². The molecule has 2 atom stereocenters. The zero-order valence-corrected chi connectivity index (χ0v) is 73.2. The minimum Gasteiger partial charge on any atom is -0.507 e. The van der Waals surface area contributed by atoms with Gasteiger partial charge in [-0.3, -0.25) is 47.9 Å². The van der Waals surface area contributed by atoms with E-state index in [1.54, 1.807) is 152 Å². The Balaban J connectivity index is 0.000000114. The standard InChI is InChI=1S/C21H19N3O.C15H9N3O.2C14H12N2O2.C14H10N2O2.C14H8O4.C10H8O2.C4H2Cl2O2/c25-21-15-9-5-4-8-14(15)20-18-16(22-12-23-20)10-11-17(19(18)21)24-13-6-2-1-3-7-13;16-10-5-6-11-13-12(10)15(19)9-4-2-1-3-8(9)14(13)18-7-17-11;4*15-9-5-6-10(16)12-11(9)13(17)7-3-1-2-4-8(7)14(12)18;11-9-5-6-10(12)8-4-2-1-3-7(8)9;5-3(7)1-2-4(6)8/h4-5,8-13,24H,1-3,6-7H2;1-7H,16H2;1-6,17-18H,15-16H2;1-6,11-12H,15-16H2;1-6H,15-16H2;1-6,15-16H;1-6,11-12H;1-2H/b;;;;;;;2-1-. The Hall–Kier alpha value is -17.8. The smallest absolute Gasteiger partial charge is 0.245 e. The third kappa shape index (κ3) is 17.2. The summed E-state index contributed by atoms with van der Waals surface area (Å²) in [5.74, 6) is -3.01. The molecule has 0 spiro atoms. The molecule has 7 aliphatic rings. The van der Waals surface area contributed by atoms with Gasteiger partial charge in [0.25, 0.3) is 0 Å². The lowest BCUT2D eigenvalue weighted by Gasteiger charge is -2.33. The molecule has 2 heterocycles. The highest BCUT2D eigenvalue weighted by atomic mass is 35.5. The van der Waals surface area contributed by atoms with Gasteiger partial charge in [0.05, 0.1) is 78.4 Å². The van der Waals surface area contributed by atoms with Crippen LogP contribution >= 0.6 is 23.2 Å². The van der Waals surface area contributed by atoms with Gasteiger partial charge in [-0.2, -0.15) is 0 Å². The molecule has 14 aromatic carbocycles. The summed E-state index contributed by atoms with van der Waals surface area (Å²) in [5, 5.41) is 65.9. The number of nitrogens with zero attached hydrogens (tertiary/aromatic N) is 4. The summed E-state index contributed by atoms with van der Waals surface area (Å²) in [7, 11) is 0. The predicted molar refractivity (Wildman–Crippen MR) is 522 cm³/mol. The van der Waals surface area contributed by atoms with Crippen LogP contribution in [0.5, 0.6) is 34.5 Å². The fourth-order valence-corrected chi connectivity index (χ4v) is 17.8. The van der Waals surface area contributed by atoms with Crippen LogP contribution in [0.4, 0.5) is 34.1 Å². The fraction of sp³-hybridized carbons (Fsp3) is 0.0755. The highest BCUT2D eigenvalue weighted by Gasteiger charge is 2.45. The molecule has 16 aromatic rings. The van der Waals surface area contributed by atoms with Crippen molar-refractivity contribution in [2.45, 2.75) is 38.1 Å². The van der Waals surface area contributed by atoms with Gasteiger partial charge < -0.3 is 76.1 Å². The number of aromatic nitrogens is 4. The summed E-state index contributed by atoms with van der Waals surface area (Å²) in [6, 6.07) is 68.9. The Morgan fingerprint density at radius 1 is 0.309 bits per heavy atom. The molecule has 30 heteroatoms. The average Bonchev–Trinajstić information content (AvgIpc) is 0.724. The lowest BCUT2D eigenvalue weighted by molar-refractivity contribution is -0.109. The molecule has 136 heavy (non-hydrogen) atoms. The number of nitrogens with one attached hydrogen (secondary N) is 1. The van der Waals surface area contributed by atoms with Crippen LogP contribution in [0.3, 0.4) is 0 Å². The third-order valence-corrected chi connectivity index (χ3v) is 24.3. The molecule has 23 rings (SSSR count). The number of phenolic OH excluding ortho intramolecular Hbond substituents is 6. The van der Waals surface area contributed by atoms with Gasteiger partial charge in [-0.1, -0.05) is 189 Å². The van der Waals surface area contributed by atoms with Crippen molar-refractivity contribution in [1.82, 2.24) is 19.9 Å². The first kappa shape index (κ1) is 91.5. The summed E-state index contributed by atoms with van der Waals surface area (Å²) < 4.78 is 0. The number of nitrogen functional groups attached to an aromatic ring is 5. The Morgan fingerprint density at radius 3 is 1.01 bits per heavy atom. The molecule has 1 fully saturated rings. The van der Waals surface area contributed by atoms with Crippen molar-refractivity contribution < 1.29 is 78.6 Å².